The second-order valence-corrected chi connectivity index (χ2v) is 4.45. The predicted octanol–water partition coefficient (Wildman–Crippen LogP) is 4.11. The number of rotatable bonds is 3. The van der Waals surface area contributed by atoms with Crippen molar-refractivity contribution in [3.63, 3.8) is 0 Å². The maximum Gasteiger partial charge on any atom is 0.261 e. The van der Waals surface area contributed by atoms with Crippen molar-refractivity contribution in [3.05, 3.63) is 65.2 Å². The van der Waals surface area contributed by atoms with Crippen LogP contribution in [0.15, 0.2) is 42.5 Å². The van der Waals surface area contributed by atoms with Crippen LogP contribution in [-0.2, 0) is 5.33 Å². The predicted molar refractivity (Wildman–Crippen MR) is 73.4 cm³/mol. The molecular weight excluding hydrogens is 316 g/mol. The lowest BCUT2D eigenvalue weighted by Crippen LogP contribution is -2.15. The summed E-state index contributed by atoms with van der Waals surface area (Å²) in [5, 5.41) is 3.10. The van der Waals surface area contributed by atoms with Gasteiger partial charge in [-0.3, -0.25) is 4.79 Å². The van der Waals surface area contributed by atoms with Crippen LogP contribution < -0.4 is 5.32 Å². The Hall–Kier alpha value is -1.75. The van der Waals surface area contributed by atoms with Crippen LogP contribution in [0.25, 0.3) is 0 Å². The maximum absolute atomic E-state index is 13.4. The lowest BCUT2D eigenvalue weighted by atomic mass is 10.1. The number of hydrogen-bond acceptors (Lipinski definition) is 1. The number of anilines is 1. The summed E-state index contributed by atoms with van der Waals surface area (Å²) in [6, 6.07) is 10.3. The molecule has 0 atom stereocenters. The van der Waals surface area contributed by atoms with E-state index < -0.39 is 23.1 Å². The third-order valence-electron chi connectivity index (χ3n) is 2.53. The molecular formula is C14H10BrF2NO. The summed E-state index contributed by atoms with van der Waals surface area (Å²) >= 11 is 3.29. The fourth-order valence-corrected chi connectivity index (χ4v) is 1.99. The van der Waals surface area contributed by atoms with Crippen LogP contribution in [0.1, 0.15) is 15.9 Å². The zero-order chi connectivity index (χ0) is 13.8. The molecule has 19 heavy (non-hydrogen) atoms. The van der Waals surface area contributed by atoms with E-state index in [-0.39, 0.29) is 0 Å². The first-order valence-corrected chi connectivity index (χ1v) is 6.64. The SMILES string of the molecule is O=C(Nc1cccc(CBr)c1)c1c(F)cccc1F. The molecule has 0 aliphatic heterocycles. The number of alkyl halides is 1. The standard InChI is InChI=1S/C14H10BrF2NO/c15-8-9-3-1-4-10(7-9)18-14(19)13-11(16)5-2-6-12(13)17/h1-7H,8H2,(H,18,19). The van der Waals surface area contributed by atoms with Crippen LogP contribution in [0.5, 0.6) is 0 Å². The summed E-state index contributed by atoms with van der Waals surface area (Å²) in [5.74, 6) is -2.56. The van der Waals surface area contributed by atoms with Gasteiger partial charge in [-0.05, 0) is 29.8 Å². The topological polar surface area (TPSA) is 29.1 Å². The molecule has 0 aliphatic carbocycles. The lowest BCUT2D eigenvalue weighted by molar-refractivity contribution is 0.101. The number of nitrogens with one attached hydrogen (secondary N) is 1. The van der Waals surface area contributed by atoms with Crippen molar-refractivity contribution in [2.75, 3.05) is 5.32 Å². The van der Waals surface area contributed by atoms with Crippen LogP contribution in [0.3, 0.4) is 0 Å². The van der Waals surface area contributed by atoms with E-state index in [2.05, 4.69) is 21.2 Å². The molecule has 0 saturated heterocycles. The van der Waals surface area contributed by atoms with E-state index in [0.717, 1.165) is 17.7 Å². The van der Waals surface area contributed by atoms with Crippen molar-refractivity contribution < 1.29 is 13.6 Å². The van der Waals surface area contributed by atoms with E-state index in [0.29, 0.717) is 11.0 Å². The van der Waals surface area contributed by atoms with Crippen molar-refractivity contribution >= 4 is 27.5 Å². The van der Waals surface area contributed by atoms with Gasteiger partial charge in [0.2, 0.25) is 0 Å². The molecule has 2 aromatic carbocycles. The van der Waals surface area contributed by atoms with Gasteiger partial charge in [0.1, 0.15) is 17.2 Å². The first-order valence-electron chi connectivity index (χ1n) is 5.52. The molecule has 0 bridgehead atoms. The number of hydrogen-bond donors (Lipinski definition) is 1. The number of carbonyl (C=O) groups is 1. The van der Waals surface area contributed by atoms with Crippen molar-refractivity contribution in [3.8, 4) is 0 Å². The highest BCUT2D eigenvalue weighted by Crippen LogP contribution is 2.17. The van der Waals surface area contributed by atoms with Crippen LogP contribution >= 0.6 is 15.9 Å². The van der Waals surface area contributed by atoms with Gasteiger partial charge in [-0.15, -0.1) is 0 Å². The first-order chi connectivity index (χ1) is 9.11. The molecule has 0 fully saturated rings. The molecule has 0 spiro atoms. The minimum Gasteiger partial charge on any atom is -0.322 e. The van der Waals surface area contributed by atoms with Gasteiger partial charge in [0, 0.05) is 11.0 Å². The monoisotopic (exact) mass is 325 g/mol. The average Bonchev–Trinajstić information content (AvgIpc) is 2.38. The molecule has 0 unspecified atom stereocenters. The summed E-state index contributed by atoms with van der Waals surface area (Å²) in [5.41, 5.74) is 0.864. The Bertz CT molecular complexity index is 596. The van der Waals surface area contributed by atoms with Crippen LogP contribution in [-0.4, -0.2) is 5.91 Å². The van der Waals surface area contributed by atoms with E-state index in [9.17, 15) is 13.6 Å². The molecule has 0 heterocycles. The molecule has 1 N–H and O–H groups in total. The first kappa shape index (κ1) is 13.7. The Balaban J connectivity index is 2.26. The fraction of sp³-hybridized carbons (Fsp3) is 0.0714. The Kier molecular flexibility index (Phi) is 4.27. The summed E-state index contributed by atoms with van der Waals surface area (Å²) in [6.45, 7) is 0. The van der Waals surface area contributed by atoms with Crippen molar-refractivity contribution in [2.45, 2.75) is 5.33 Å². The number of carbonyl (C=O) groups excluding carboxylic acids is 1. The second kappa shape index (κ2) is 5.93. The van der Waals surface area contributed by atoms with Crippen LogP contribution in [0.4, 0.5) is 14.5 Å². The van der Waals surface area contributed by atoms with Gasteiger partial charge < -0.3 is 5.32 Å². The van der Waals surface area contributed by atoms with Gasteiger partial charge in [0.15, 0.2) is 0 Å². The highest BCUT2D eigenvalue weighted by atomic mass is 79.9. The maximum atomic E-state index is 13.4. The average molecular weight is 326 g/mol. The minimum absolute atomic E-state index is 0.490. The third-order valence-corrected chi connectivity index (χ3v) is 3.18. The quantitative estimate of drug-likeness (QED) is 0.845. The molecule has 0 saturated carbocycles. The summed E-state index contributed by atoms with van der Waals surface area (Å²) in [4.78, 5) is 11.9. The summed E-state index contributed by atoms with van der Waals surface area (Å²) in [6.07, 6.45) is 0. The van der Waals surface area contributed by atoms with Gasteiger partial charge in [-0.25, -0.2) is 8.78 Å². The molecule has 1 amide bonds. The smallest absolute Gasteiger partial charge is 0.261 e. The minimum atomic E-state index is -0.880. The largest absolute Gasteiger partial charge is 0.322 e. The lowest BCUT2D eigenvalue weighted by Gasteiger charge is -2.08. The molecule has 0 aliphatic rings. The normalized spacial score (nSPS) is 10.3. The zero-order valence-electron chi connectivity index (χ0n) is 9.79. The van der Waals surface area contributed by atoms with E-state index >= 15 is 0 Å². The third kappa shape index (κ3) is 3.17. The van der Waals surface area contributed by atoms with Crippen LogP contribution in [0.2, 0.25) is 0 Å². The Labute approximate surface area is 117 Å². The Morgan fingerprint density at radius 1 is 1.11 bits per heavy atom. The highest BCUT2D eigenvalue weighted by molar-refractivity contribution is 9.08. The Morgan fingerprint density at radius 2 is 1.74 bits per heavy atom. The van der Waals surface area contributed by atoms with Gasteiger partial charge >= 0.3 is 0 Å². The van der Waals surface area contributed by atoms with E-state index in [1.165, 1.54) is 6.07 Å². The van der Waals surface area contributed by atoms with Gasteiger partial charge in [0.05, 0.1) is 0 Å². The summed E-state index contributed by atoms with van der Waals surface area (Å²) in [7, 11) is 0. The molecule has 0 aromatic heterocycles. The molecule has 2 rings (SSSR count). The van der Waals surface area contributed by atoms with E-state index in [4.69, 9.17) is 0 Å². The zero-order valence-corrected chi connectivity index (χ0v) is 11.4. The van der Waals surface area contributed by atoms with E-state index in [1.54, 1.807) is 18.2 Å². The van der Waals surface area contributed by atoms with Crippen LogP contribution in [0, 0.1) is 11.6 Å². The molecule has 98 valence electrons. The number of benzene rings is 2. The van der Waals surface area contributed by atoms with Gasteiger partial charge in [-0.2, -0.15) is 0 Å². The molecule has 2 nitrogen and oxygen atoms in total. The van der Waals surface area contributed by atoms with Gasteiger partial charge in [-0.1, -0.05) is 34.1 Å². The fourth-order valence-electron chi connectivity index (χ4n) is 1.64. The highest BCUT2D eigenvalue weighted by Gasteiger charge is 2.16. The number of halogens is 3. The summed E-state index contributed by atoms with van der Waals surface area (Å²) < 4.78 is 26.9. The number of amides is 1. The molecule has 5 heteroatoms. The van der Waals surface area contributed by atoms with Crippen molar-refractivity contribution in [1.29, 1.82) is 0 Å². The van der Waals surface area contributed by atoms with Crippen molar-refractivity contribution in [1.82, 2.24) is 0 Å². The molecule has 2 aromatic rings. The molecule has 0 radical (unpaired) electrons. The van der Waals surface area contributed by atoms with Gasteiger partial charge in [0.25, 0.3) is 5.91 Å². The van der Waals surface area contributed by atoms with Crippen molar-refractivity contribution in [2.24, 2.45) is 0 Å². The van der Waals surface area contributed by atoms with E-state index in [1.807, 2.05) is 6.07 Å². The second-order valence-electron chi connectivity index (χ2n) is 3.88. The Morgan fingerprint density at radius 3 is 2.37 bits per heavy atom.